The molecule has 3 nitrogen and oxygen atoms in total. The maximum atomic E-state index is 11.9. The largest absolute Gasteiger partial charge is 0.352 e. The van der Waals surface area contributed by atoms with Gasteiger partial charge in [-0.15, -0.1) is 0 Å². The average Bonchev–Trinajstić information content (AvgIpc) is 2.46. The summed E-state index contributed by atoms with van der Waals surface area (Å²) in [5.41, 5.74) is 1.78. The van der Waals surface area contributed by atoms with Gasteiger partial charge in [0.15, 0.2) is 0 Å². The van der Waals surface area contributed by atoms with Crippen LogP contribution < -0.4 is 5.32 Å². The van der Waals surface area contributed by atoms with Crippen LogP contribution in [-0.4, -0.2) is 17.4 Å². The van der Waals surface area contributed by atoms with E-state index < -0.39 is 0 Å². The first-order valence-corrected chi connectivity index (χ1v) is 7.50. The van der Waals surface area contributed by atoms with Crippen molar-refractivity contribution >= 4 is 5.91 Å². The predicted molar refractivity (Wildman–Crippen MR) is 79.3 cm³/mol. The Hall–Kier alpha value is -1.38. The van der Waals surface area contributed by atoms with E-state index in [1.807, 2.05) is 12.3 Å². The molecule has 3 heteroatoms. The second kappa shape index (κ2) is 9.54. The number of carbonyl (C=O) groups excluding carboxylic acids is 1. The van der Waals surface area contributed by atoms with Crippen LogP contribution in [0.1, 0.15) is 68.3 Å². The van der Waals surface area contributed by atoms with E-state index in [9.17, 15) is 4.79 Å². The lowest BCUT2D eigenvalue weighted by Crippen LogP contribution is -2.24. The summed E-state index contributed by atoms with van der Waals surface area (Å²) < 4.78 is 0. The molecule has 0 aromatic carbocycles. The molecular formula is C16H26N2O. The van der Waals surface area contributed by atoms with Gasteiger partial charge in [-0.05, 0) is 24.5 Å². The Morgan fingerprint density at radius 2 is 1.84 bits per heavy atom. The molecule has 1 N–H and O–H groups in total. The second-order valence-corrected chi connectivity index (χ2v) is 4.96. The molecule has 0 unspecified atom stereocenters. The summed E-state index contributed by atoms with van der Waals surface area (Å²) in [6.07, 6.45) is 11.8. The van der Waals surface area contributed by atoms with Gasteiger partial charge in [0.2, 0.25) is 0 Å². The fourth-order valence-corrected chi connectivity index (χ4v) is 2.01. The van der Waals surface area contributed by atoms with Crippen LogP contribution in [0.25, 0.3) is 0 Å². The number of pyridine rings is 1. The minimum absolute atomic E-state index is 0.00337. The molecule has 1 amide bonds. The highest BCUT2D eigenvalue weighted by Crippen LogP contribution is 2.05. The van der Waals surface area contributed by atoms with Crippen molar-refractivity contribution in [2.24, 2.45) is 0 Å². The first kappa shape index (κ1) is 15.7. The van der Waals surface area contributed by atoms with Gasteiger partial charge in [-0.2, -0.15) is 0 Å². The van der Waals surface area contributed by atoms with Crippen molar-refractivity contribution in [3.8, 4) is 0 Å². The van der Waals surface area contributed by atoms with E-state index in [2.05, 4.69) is 24.1 Å². The molecule has 0 aliphatic rings. The van der Waals surface area contributed by atoms with Crippen LogP contribution in [0.5, 0.6) is 0 Å². The predicted octanol–water partition coefficient (Wildman–Crippen LogP) is 3.73. The van der Waals surface area contributed by atoms with E-state index in [4.69, 9.17) is 0 Å². The van der Waals surface area contributed by atoms with Crippen LogP contribution >= 0.6 is 0 Å². The fraction of sp³-hybridized carbons (Fsp3) is 0.625. The Labute approximate surface area is 116 Å². The Balaban J connectivity index is 2.20. The first-order valence-electron chi connectivity index (χ1n) is 7.50. The number of aryl methyl sites for hydroxylation is 1. The van der Waals surface area contributed by atoms with Gasteiger partial charge in [-0.25, -0.2) is 0 Å². The van der Waals surface area contributed by atoms with E-state index in [0.29, 0.717) is 5.56 Å². The van der Waals surface area contributed by atoms with E-state index >= 15 is 0 Å². The molecule has 106 valence electrons. The van der Waals surface area contributed by atoms with Gasteiger partial charge >= 0.3 is 0 Å². The summed E-state index contributed by atoms with van der Waals surface area (Å²) in [7, 11) is 0. The van der Waals surface area contributed by atoms with Crippen LogP contribution in [0.3, 0.4) is 0 Å². The van der Waals surface area contributed by atoms with Crippen LogP contribution in [0, 0.1) is 0 Å². The molecule has 0 atom stereocenters. The summed E-state index contributed by atoms with van der Waals surface area (Å²) >= 11 is 0. The average molecular weight is 262 g/mol. The van der Waals surface area contributed by atoms with E-state index in [-0.39, 0.29) is 5.91 Å². The fourth-order valence-electron chi connectivity index (χ4n) is 2.01. The normalized spacial score (nSPS) is 10.4. The van der Waals surface area contributed by atoms with Gasteiger partial charge in [-0.1, -0.05) is 46.0 Å². The standard InChI is InChI=1S/C16H26N2O/c1-3-5-6-7-8-9-10-18-16(19)15-11-14(4-2)12-17-13-15/h11-13H,3-10H2,1-2H3,(H,18,19). The van der Waals surface area contributed by atoms with Gasteiger partial charge in [-0.3, -0.25) is 9.78 Å². The van der Waals surface area contributed by atoms with Crippen molar-refractivity contribution in [3.05, 3.63) is 29.6 Å². The molecule has 1 rings (SSSR count). The number of unbranched alkanes of at least 4 members (excludes halogenated alkanes) is 5. The zero-order chi connectivity index (χ0) is 13.9. The summed E-state index contributed by atoms with van der Waals surface area (Å²) in [5, 5.41) is 2.96. The van der Waals surface area contributed by atoms with Crippen molar-refractivity contribution in [1.29, 1.82) is 0 Å². The van der Waals surface area contributed by atoms with Crippen LogP contribution in [0.15, 0.2) is 18.5 Å². The van der Waals surface area contributed by atoms with Gasteiger partial charge in [0.1, 0.15) is 0 Å². The summed E-state index contributed by atoms with van der Waals surface area (Å²) in [4.78, 5) is 16.0. The smallest absolute Gasteiger partial charge is 0.252 e. The lowest BCUT2D eigenvalue weighted by Gasteiger charge is -2.06. The molecule has 0 fully saturated rings. The minimum atomic E-state index is -0.00337. The number of amides is 1. The first-order chi connectivity index (χ1) is 9.27. The lowest BCUT2D eigenvalue weighted by atomic mass is 10.1. The minimum Gasteiger partial charge on any atom is -0.352 e. The monoisotopic (exact) mass is 262 g/mol. The van der Waals surface area contributed by atoms with Crippen molar-refractivity contribution < 1.29 is 4.79 Å². The third-order valence-corrected chi connectivity index (χ3v) is 3.28. The topological polar surface area (TPSA) is 42.0 Å². The van der Waals surface area contributed by atoms with Crippen molar-refractivity contribution in [2.75, 3.05) is 6.54 Å². The molecule has 0 saturated carbocycles. The van der Waals surface area contributed by atoms with Gasteiger partial charge < -0.3 is 5.32 Å². The van der Waals surface area contributed by atoms with Crippen LogP contribution in [-0.2, 0) is 6.42 Å². The lowest BCUT2D eigenvalue weighted by molar-refractivity contribution is 0.0952. The van der Waals surface area contributed by atoms with E-state index in [0.717, 1.165) is 24.9 Å². The molecule has 1 heterocycles. The second-order valence-electron chi connectivity index (χ2n) is 4.96. The molecule has 0 aliphatic carbocycles. The number of aromatic nitrogens is 1. The number of hydrogen-bond donors (Lipinski definition) is 1. The molecule has 0 bridgehead atoms. The summed E-state index contributed by atoms with van der Waals surface area (Å²) in [6.45, 7) is 5.05. The molecule has 0 spiro atoms. The van der Waals surface area contributed by atoms with Crippen molar-refractivity contribution in [1.82, 2.24) is 10.3 Å². The Kier molecular flexibility index (Phi) is 7.87. The molecule has 1 aromatic heterocycles. The number of rotatable bonds is 9. The summed E-state index contributed by atoms with van der Waals surface area (Å²) in [6, 6.07) is 1.92. The molecular weight excluding hydrogens is 236 g/mol. The number of nitrogens with zero attached hydrogens (tertiary/aromatic N) is 1. The third-order valence-electron chi connectivity index (χ3n) is 3.28. The number of hydrogen-bond acceptors (Lipinski definition) is 2. The summed E-state index contributed by atoms with van der Waals surface area (Å²) in [5.74, 6) is -0.00337. The SMILES string of the molecule is CCCCCCCCNC(=O)c1cncc(CC)c1. The third kappa shape index (κ3) is 6.37. The molecule has 19 heavy (non-hydrogen) atoms. The van der Waals surface area contributed by atoms with Crippen LogP contribution in [0.2, 0.25) is 0 Å². The highest BCUT2D eigenvalue weighted by atomic mass is 16.1. The Morgan fingerprint density at radius 3 is 2.58 bits per heavy atom. The maximum Gasteiger partial charge on any atom is 0.252 e. The zero-order valence-corrected chi connectivity index (χ0v) is 12.2. The maximum absolute atomic E-state index is 11.9. The van der Waals surface area contributed by atoms with Gasteiger partial charge in [0, 0.05) is 18.9 Å². The quantitative estimate of drug-likeness (QED) is 0.689. The number of nitrogens with one attached hydrogen (secondary N) is 1. The highest BCUT2D eigenvalue weighted by Gasteiger charge is 2.05. The molecule has 1 aromatic rings. The van der Waals surface area contributed by atoms with E-state index in [1.165, 1.54) is 32.1 Å². The van der Waals surface area contributed by atoms with Crippen LogP contribution in [0.4, 0.5) is 0 Å². The van der Waals surface area contributed by atoms with E-state index in [1.54, 1.807) is 6.20 Å². The molecule has 0 aliphatic heterocycles. The number of carbonyl (C=O) groups is 1. The zero-order valence-electron chi connectivity index (χ0n) is 12.2. The van der Waals surface area contributed by atoms with Crippen molar-refractivity contribution in [2.45, 2.75) is 58.8 Å². The van der Waals surface area contributed by atoms with Gasteiger partial charge in [0.25, 0.3) is 5.91 Å². The van der Waals surface area contributed by atoms with Gasteiger partial charge in [0.05, 0.1) is 5.56 Å². The van der Waals surface area contributed by atoms with Crippen molar-refractivity contribution in [3.63, 3.8) is 0 Å². The molecule has 0 radical (unpaired) electrons. The highest BCUT2D eigenvalue weighted by molar-refractivity contribution is 5.93. The molecule has 0 saturated heterocycles. The Morgan fingerprint density at radius 1 is 1.11 bits per heavy atom. The Bertz CT molecular complexity index is 377.